The predicted molar refractivity (Wildman–Crippen MR) is 91.6 cm³/mol. The minimum Gasteiger partial charge on any atom is -0.355 e. The summed E-state index contributed by atoms with van der Waals surface area (Å²) in [6.07, 6.45) is 1.84. The number of hydrogen-bond acceptors (Lipinski definition) is 4. The molecule has 0 saturated heterocycles. The molecule has 1 amide bonds. The number of thioether (sulfide) groups is 1. The fraction of sp³-hybridized carbons (Fsp3) is 0.235. The highest BCUT2D eigenvalue weighted by Gasteiger charge is 2.06. The Labute approximate surface area is 139 Å². The van der Waals surface area contributed by atoms with Crippen LogP contribution < -0.4 is 5.32 Å². The Balaban J connectivity index is 1.64. The maximum absolute atomic E-state index is 11.8. The first-order chi connectivity index (χ1) is 11.1. The lowest BCUT2D eigenvalue weighted by atomic mass is 10.1. The Bertz CT molecular complexity index is 645. The number of non-ortho nitro benzene ring substituents is 1. The summed E-state index contributed by atoms with van der Waals surface area (Å²) >= 11 is 1.37. The third-order valence-corrected chi connectivity index (χ3v) is 4.24. The van der Waals surface area contributed by atoms with E-state index in [4.69, 9.17) is 0 Å². The lowest BCUT2D eigenvalue weighted by Gasteiger charge is -2.05. The average Bonchev–Trinajstić information content (AvgIpc) is 2.58. The van der Waals surface area contributed by atoms with Crippen molar-refractivity contribution in [2.75, 3.05) is 12.3 Å². The summed E-state index contributed by atoms with van der Waals surface area (Å²) in [6.45, 7) is 0.647. The van der Waals surface area contributed by atoms with Crippen LogP contribution in [0.4, 0.5) is 5.69 Å². The van der Waals surface area contributed by atoms with Gasteiger partial charge in [0.15, 0.2) is 0 Å². The third kappa shape index (κ3) is 6.12. The third-order valence-electron chi connectivity index (χ3n) is 3.22. The molecule has 0 saturated carbocycles. The second kappa shape index (κ2) is 8.95. The Kier molecular flexibility index (Phi) is 6.62. The molecule has 2 aromatic carbocycles. The SMILES string of the molecule is O=C(CSc1ccc([N+](=O)[O-])cc1)NCCCc1ccccc1. The van der Waals surface area contributed by atoms with Gasteiger partial charge in [-0.25, -0.2) is 0 Å². The Morgan fingerprint density at radius 2 is 1.78 bits per heavy atom. The molecule has 0 aliphatic carbocycles. The van der Waals surface area contributed by atoms with Crippen molar-refractivity contribution >= 4 is 23.4 Å². The molecule has 0 heterocycles. The fourth-order valence-electron chi connectivity index (χ4n) is 2.03. The first-order valence-corrected chi connectivity index (χ1v) is 8.31. The van der Waals surface area contributed by atoms with Crippen LogP contribution in [0, 0.1) is 10.1 Å². The number of nitro groups is 1. The van der Waals surface area contributed by atoms with Gasteiger partial charge >= 0.3 is 0 Å². The summed E-state index contributed by atoms with van der Waals surface area (Å²) in [5.41, 5.74) is 1.32. The van der Waals surface area contributed by atoms with E-state index in [9.17, 15) is 14.9 Å². The van der Waals surface area contributed by atoms with E-state index in [1.165, 1.54) is 29.5 Å². The minimum absolute atomic E-state index is 0.0265. The molecule has 0 atom stereocenters. The molecule has 0 bridgehead atoms. The number of nitrogens with zero attached hydrogens (tertiary/aromatic N) is 1. The molecule has 0 aliphatic heterocycles. The maximum atomic E-state index is 11.8. The highest BCUT2D eigenvalue weighted by Crippen LogP contribution is 2.20. The molecule has 0 aromatic heterocycles. The summed E-state index contributed by atoms with van der Waals surface area (Å²) in [5.74, 6) is 0.282. The molecule has 0 aliphatic rings. The largest absolute Gasteiger partial charge is 0.355 e. The number of hydrogen-bond donors (Lipinski definition) is 1. The first kappa shape index (κ1) is 17.0. The summed E-state index contributed by atoms with van der Waals surface area (Å²) in [7, 11) is 0. The van der Waals surface area contributed by atoms with Gasteiger partial charge in [0.25, 0.3) is 5.69 Å². The molecule has 5 nitrogen and oxygen atoms in total. The van der Waals surface area contributed by atoms with Gasteiger partial charge in [0.1, 0.15) is 0 Å². The van der Waals surface area contributed by atoms with Crippen LogP contribution >= 0.6 is 11.8 Å². The van der Waals surface area contributed by atoms with Crippen LogP contribution in [0.2, 0.25) is 0 Å². The Hall–Kier alpha value is -2.34. The molecule has 0 radical (unpaired) electrons. The quantitative estimate of drug-likeness (QED) is 0.348. The van der Waals surface area contributed by atoms with Gasteiger partial charge in [0.2, 0.25) is 5.91 Å². The van der Waals surface area contributed by atoms with Crippen LogP contribution in [0.3, 0.4) is 0 Å². The van der Waals surface area contributed by atoms with Gasteiger partial charge in [-0.05, 0) is 30.5 Å². The van der Waals surface area contributed by atoms with Crippen molar-refractivity contribution in [1.82, 2.24) is 5.32 Å². The van der Waals surface area contributed by atoms with E-state index in [-0.39, 0.29) is 11.6 Å². The molecular weight excluding hydrogens is 312 g/mol. The van der Waals surface area contributed by atoms with Crippen molar-refractivity contribution in [3.05, 3.63) is 70.3 Å². The van der Waals surface area contributed by atoms with Crippen molar-refractivity contribution in [2.24, 2.45) is 0 Å². The molecule has 2 aromatic rings. The van der Waals surface area contributed by atoms with E-state index in [0.717, 1.165) is 17.7 Å². The van der Waals surface area contributed by atoms with Crippen LogP contribution in [0.5, 0.6) is 0 Å². The minimum atomic E-state index is -0.437. The number of rotatable bonds is 8. The zero-order chi connectivity index (χ0) is 16.5. The number of carbonyl (C=O) groups is 1. The summed E-state index contributed by atoms with van der Waals surface area (Å²) in [4.78, 5) is 22.7. The molecule has 23 heavy (non-hydrogen) atoms. The van der Waals surface area contributed by atoms with E-state index in [0.29, 0.717) is 12.3 Å². The van der Waals surface area contributed by atoms with Crippen LogP contribution in [-0.2, 0) is 11.2 Å². The van der Waals surface area contributed by atoms with Crippen molar-refractivity contribution in [3.8, 4) is 0 Å². The Morgan fingerprint density at radius 3 is 2.43 bits per heavy atom. The van der Waals surface area contributed by atoms with E-state index in [2.05, 4.69) is 17.4 Å². The van der Waals surface area contributed by atoms with Crippen LogP contribution in [-0.4, -0.2) is 23.1 Å². The predicted octanol–water partition coefficient (Wildman–Crippen LogP) is 3.44. The average molecular weight is 330 g/mol. The van der Waals surface area contributed by atoms with E-state index in [1.54, 1.807) is 12.1 Å². The van der Waals surface area contributed by atoms with Gasteiger partial charge in [-0.1, -0.05) is 30.3 Å². The second-order valence-electron chi connectivity index (χ2n) is 4.98. The number of nitrogens with one attached hydrogen (secondary N) is 1. The highest BCUT2D eigenvalue weighted by molar-refractivity contribution is 8.00. The lowest BCUT2D eigenvalue weighted by Crippen LogP contribution is -2.26. The number of carbonyl (C=O) groups excluding carboxylic acids is 1. The molecule has 0 fully saturated rings. The molecule has 1 N–H and O–H groups in total. The molecule has 0 spiro atoms. The lowest BCUT2D eigenvalue weighted by molar-refractivity contribution is -0.384. The summed E-state index contributed by atoms with van der Waals surface area (Å²) in [5, 5.41) is 13.4. The maximum Gasteiger partial charge on any atom is 0.269 e. The van der Waals surface area contributed by atoms with Gasteiger partial charge in [0.05, 0.1) is 10.7 Å². The fourth-order valence-corrected chi connectivity index (χ4v) is 2.76. The van der Waals surface area contributed by atoms with Gasteiger partial charge in [-0.2, -0.15) is 0 Å². The topological polar surface area (TPSA) is 72.2 Å². The van der Waals surface area contributed by atoms with E-state index < -0.39 is 4.92 Å². The number of aryl methyl sites for hydroxylation is 1. The van der Waals surface area contributed by atoms with E-state index in [1.807, 2.05) is 18.2 Å². The smallest absolute Gasteiger partial charge is 0.269 e. The monoisotopic (exact) mass is 330 g/mol. The van der Waals surface area contributed by atoms with Crippen LogP contribution in [0.1, 0.15) is 12.0 Å². The summed E-state index contributed by atoms with van der Waals surface area (Å²) in [6, 6.07) is 16.4. The van der Waals surface area contributed by atoms with Crippen molar-refractivity contribution < 1.29 is 9.72 Å². The van der Waals surface area contributed by atoms with Gasteiger partial charge in [-0.3, -0.25) is 14.9 Å². The molecular formula is C17H18N2O3S. The van der Waals surface area contributed by atoms with Crippen molar-refractivity contribution in [2.45, 2.75) is 17.7 Å². The zero-order valence-corrected chi connectivity index (χ0v) is 13.4. The van der Waals surface area contributed by atoms with Crippen molar-refractivity contribution in [3.63, 3.8) is 0 Å². The van der Waals surface area contributed by atoms with Gasteiger partial charge in [-0.15, -0.1) is 11.8 Å². The zero-order valence-electron chi connectivity index (χ0n) is 12.6. The molecule has 2 rings (SSSR count). The Morgan fingerprint density at radius 1 is 1.09 bits per heavy atom. The number of nitro benzene ring substituents is 1. The normalized spacial score (nSPS) is 10.3. The summed E-state index contributed by atoms with van der Waals surface area (Å²) < 4.78 is 0. The van der Waals surface area contributed by atoms with E-state index >= 15 is 0 Å². The second-order valence-corrected chi connectivity index (χ2v) is 6.03. The standard InChI is InChI=1S/C17H18N2O3S/c20-17(18-12-4-7-14-5-2-1-3-6-14)13-23-16-10-8-15(9-11-16)19(21)22/h1-3,5-6,8-11H,4,7,12-13H2,(H,18,20). The molecule has 120 valence electrons. The number of benzene rings is 2. The van der Waals surface area contributed by atoms with Gasteiger partial charge < -0.3 is 5.32 Å². The van der Waals surface area contributed by atoms with Gasteiger partial charge in [0, 0.05) is 23.6 Å². The number of amides is 1. The van der Waals surface area contributed by atoms with Crippen LogP contribution in [0.15, 0.2) is 59.5 Å². The van der Waals surface area contributed by atoms with Crippen molar-refractivity contribution in [1.29, 1.82) is 0 Å². The highest BCUT2D eigenvalue weighted by atomic mass is 32.2. The molecule has 6 heteroatoms. The molecule has 0 unspecified atom stereocenters. The van der Waals surface area contributed by atoms with Crippen LogP contribution in [0.25, 0.3) is 0 Å². The first-order valence-electron chi connectivity index (χ1n) is 7.33.